The van der Waals surface area contributed by atoms with E-state index < -0.39 is 0 Å². The fraction of sp³-hybridized carbons (Fsp3) is 0.762. The van der Waals surface area contributed by atoms with Crippen LogP contribution in [0.4, 0.5) is 0 Å². The lowest BCUT2D eigenvalue weighted by Gasteiger charge is -2.14. The molecule has 0 aliphatic rings. The zero-order valence-electron chi connectivity index (χ0n) is 45.0. The first kappa shape index (κ1) is 61.2. The van der Waals surface area contributed by atoms with E-state index in [1.165, 1.54) is 244 Å². The van der Waals surface area contributed by atoms with Gasteiger partial charge in [0.15, 0.2) is 5.78 Å². The number of allylic oxidation sites excluding steroid dienone is 1. The summed E-state index contributed by atoms with van der Waals surface area (Å²) in [6.45, 7) is 8.67. The first-order valence-corrected chi connectivity index (χ1v) is 29.7. The van der Waals surface area contributed by atoms with Crippen molar-refractivity contribution in [3.63, 3.8) is 0 Å². The first-order chi connectivity index (χ1) is 33.6. The van der Waals surface area contributed by atoms with Crippen molar-refractivity contribution < 1.29 is 24.1 Å². The summed E-state index contributed by atoms with van der Waals surface area (Å²) in [5, 5.41) is 11.2. The van der Waals surface area contributed by atoms with Crippen LogP contribution in [-0.4, -0.2) is 30.7 Å². The maximum Gasteiger partial charge on any atom is 0.193 e. The minimum Gasteiger partial charge on any atom is -0.507 e. The molecule has 0 radical (unpaired) electrons. The van der Waals surface area contributed by atoms with Gasteiger partial charge in [-0.2, -0.15) is 0 Å². The molecule has 0 bridgehead atoms. The summed E-state index contributed by atoms with van der Waals surface area (Å²) in [7, 11) is 0. The van der Waals surface area contributed by atoms with Crippen LogP contribution >= 0.6 is 0 Å². The van der Waals surface area contributed by atoms with E-state index >= 15 is 0 Å². The molecule has 5 heteroatoms. The van der Waals surface area contributed by atoms with Crippen molar-refractivity contribution in [3.05, 3.63) is 53.6 Å². The largest absolute Gasteiger partial charge is 0.507 e. The van der Waals surface area contributed by atoms with E-state index in [-0.39, 0.29) is 17.1 Å². The predicted octanol–water partition coefficient (Wildman–Crippen LogP) is 20.9. The monoisotopic (exact) mass is 945 g/mol. The van der Waals surface area contributed by atoms with Gasteiger partial charge in [0.1, 0.15) is 28.6 Å². The normalized spacial score (nSPS) is 11.5. The van der Waals surface area contributed by atoms with Gasteiger partial charge in [-0.1, -0.05) is 289 Å². The summed E-state index contributed by atoms with van der Waals surface area (Å²) in [4.78, 5) is 13.7. The molecule has 0 aliphatic heterocycles. The Morgan fingerprint density at radius 1 is 0.382 bits per heavy atom. The molecule has 0 amide bonds. The van der Waals surface area contributed by atoms with Crippen LogP contribution in [0.5, 0.6) is 23.0 Å². The number of phenols is 1. The van der Waals surface area contributed by atoms with Crippen molar-refractivity contribution >= 4 is 11.9 Å². The van der Waals surface area contributed by atoms with Gasteiger partial charge in [-0.25, -0.2) is 0 Å². The summed E-state index contributed by atoms with van der Waals surface area (Å²) < 4.78 is 18.5. The molecule has 0 heterocycles. The molecular formula is C63H108O5. The van der Waals surface area contributed by atoms with E-state index in [1.54, 1.807) is 18.2 Å². The molecule has 0 fully saturated rings. The lowest BCUT2D eigenvalue weighted by atomic mass is 10.0. The molecule has 0 saturated heterocycles. The van der Waals surface area contributed by atoms with Crippen LogP contribution in [0.3, 0.4) is 0 Å². The highest BCUT2D eigenvalue weighted by molar-refractivity contribution is 6.10. The number of phenolic OH excluding ortho intramolecular Hbond substituents is 1. The minimum absolute atomic E-state index is 0.0960. The fourth-order valence-electron chi connectivity index (χ4n) is 9.40. The van der Waals surface area contributed by atoms with Gasteiger partial charge in [0.2, 0.25) is 0 Å². The van der Waals surface area contributed by atoms with E-state index in [2.05, 4.69) is 20.8 Å². The quantitative estimate of drug-likeness (QED) is 0.0407. The second kappa shape index (κ2) is 46.4. The van der Waals surface area contributed by atoms with E-state index in [4.69, 9.17) is 14.2 Å². The Labute approximate surface area is 421 Å². The molecule has 2 rings (SSSR count). The van der Waals surface area contributed by atoms with Crippen molar-refractivity contribution in [2.75, 3.05) is 19.8 Å². The Kier molecular flexibility index (Phi) is 41.8. The van der Waals surface area contributed by atoms with Gasteiger partial charge in [-0.05, 0) is 43.0 Å². The molecule has 0 saturated carbocycles. The molecule has 0 aliphatic carbocycles. The van der Waals surface area contributed by atoms with Crippen LogP contribution < -0.4 is 14.2 Å². The SMILES string of the molecule is CCCCCCCCCCCCCCCCOc1ccc(/C=C/C(=O)c2c(O)cc(OCCCCCCCCCCCCCCCC)cc2OCCCCCCCCCCCCCCCC)cc1. The van der Waals surface area contributed by atoms with E-state index in [1.807, 2.05) is 24.3 Å². The van der Waals surface area contributed by atoms with E-state index in [0.717, 1.165) is 50.0 Å². The zero-order chi connectivity index (χ0) is 48.6. The average Bonchev–Trinajstić information content (AvgIpc) is 3.34. The van der Waals surface area contributed by atoms with E-state index in [9.17, 15) is 9.90 Å². The minimum atomic E-state index is -0.282. The molecule has 68 heavy (non-hydrogen) atoms. The number of carbonyl (C=O) groups excluding carboxylic acids is 1. The molecule has 1 N–H and O–H groups in total. The lowest BCUT2D eigenvalue weighted by Crippen LogP contribution is -2.06. The van der Waals surface area contributed by atoms with Crippen LogP contribution in [0.15, 0.2) is 42.5 Å². The van der Waals surface area contributed by atoms with Crippen molar-refractivity contribution in [2.24, 2.45) is 0 Å². The third-order valence-corrected chi connectivity index (χ3v) is 13.9. The topological polar surface area (TPSA) is 65.0 Å². The Balaban J connectivity index is 1.77. The van der Waals surface area contributed by atoms with Crippen LogP contribution in [0, 0.1) is 0 Å². The molecule has 2 aromatic rings. The molecular weight excluding hydrogens is 837 g/mol. The molecule has 0 spiro atoms. The third kappa shape index (κ3) is 35.2. The average molecular weight is 946 g/mol. The van der Waals surface area contributed by atoms with Gasteiger partial charge in [-0.15, -0.1) is 0 Å². The highest BCUT2D eigenvalue weighted by atomic mass is 16.5. The maximum atomic E-state index is 13.7. The zero-order valence-corrected chi connectivity index (χ0v) is 45.0. The lowest BCUT2D eigenvalue weighted by molar-refractivity contribution is 0.104. The van der Waals surface area contributed by atoms with Crippen molar-refractivity contribution in [2.45, 2.75) is 290 Å². The Bertz CT molecular complexity index is 1430. The number of benzene rings is 2. The van der Waals surface area contributed by atoms with Gasteiger partial charge >= 0.3 is 0 Å². The fourth-order valence-corrected chi connectivity index (χ4v) is 9.40. The Morgan fingerprint density at radius 2 is 0.676 bits per heavy atom. The maximum absolute atomic E-state index is 13.7. The number of aromatic hydroxyl groups is 1. The second-order valence-corrected chi connectivity index (χ2v) is 20.4. The van der Waals surface area contributed by atoms with Crippen molar-refractivity contribution in [1.29, 1.82) is 0 Å². The predicted molar refractivity (Wildman–Crippen MR) is 295 cm³/mol. The van der Waals surface area contributed by atoms with Crippen LogP contribution in [0.25, 0.3) is 6.08 Å². The Hall–Kier alpha value is -2.95. The first-order valence-electron chi connectivity index (χ1n) is 29.7. The summed E-state index contributed by atoms with van der Waals surface area (Å²) >= 11 is 0. The second-order valence-electron chi connectivity index (χ2n) is 20.4. The Morgan fingerprint density at radius 3 is 1.01 bits per heavy atom. The van der Waals surface area contributed by atoms with Gasteiger partial charge in [0.25, 0.3) is 0 Å². The third-order valence-electron chi connectivity index (χ3n) is 13.9. The molecule has 0 atom stereocenters. The molecule has 5 nitrogen and oxygen atoms in total. The highest BCUT2D eigenvalue weighted by Gasteiger charge is 2.18. The molecule has 0 aromatic heterocycles. The van der Waals surface area contributed by atoms with Gasteiger partial charge < -0.3 is 19.3 Å². The van der Waals surface area contributed by atoms with E-state index in [0.29, 0.717) is 24.7 Å². The number of hydrogen-bond donors (Lipinski definition) is 1. The van der Waals surface area contributed by atoms with Crippen molar-refractivity contribution in [1.82, 2.24) is 0 Å². The van der Waals surface area contributed by atoms with Crippen LogP contribution in [0.1, 0.15) is 306 Å². The number of ether oxygens (including phenoxy) is 3. The smallest absolute Gasteiger partial charge is 0.193 e. The van der Waals surface area contributed by atoms with Gasteiger partial charge in [0, 0.05) is 12.1 Å². The number of hydrogen-bond acceptors (Lipinski definition) is 5. The summed E-state index contributed by atoms with van der Waals surface area (Å²) in [5.41, 5.74) is 1.10. The molecule has 390 valence electrons. The van der Waals surface area contributed by atoms with Crippen molar-refractivity contribution in [3.8, 4) is 23.0 Å². The summed E-state index contributed by atoms with van der Waals surface area (Å²) in [6.07, 6.45) is 58.8. The highest BCUT2D eigenvalue weighted by Crippen LogP contribution is 2.35. The van der Waals surface area contributed by atoms with Gasteiger partial charge in [0.05, 0.1) is 19.8 Å². The summed E-state index contributed by atoms with van der Waals surface area (Å²) in [6, 6.07) is 11.3. The van der Waals surface area contributed by atoms with Crippen LogP contribution in [-0.2, 0) is 0 Å². The molecule has 2 aromatic carbocycles. The standard InChI is InChI=1S/C63H108O5/c1-4-7-10-13-16-19-22-25-28-31-34-37-40-43-52-66-58-49-46-57(47-50-58)48-51-60(64)63-61(65)55-59(67-53-44-41-38-35-32-29-26-23-20-17-14-11-8-5-2)56-62(63)68-54-45-42-39-36-33-30-27-24-21-18-15-12-9-6-3/h46-51,55-56,65H,4-45,52-54H2,1-3H3/b51-48+. The van der Waals surface area contributed by atoms with Crippen LogP contribution in [0.2, 0.25) is 0 Å². The summed E-state index contributed by atoms with van der Waals surface area (Å²) in [5.74, 6) is 1.43. The molecule has 0 unspecified atom stereocenters. The number of unbranched alkanes of at least 4 members (excludes halogenated alkanes) is 39. The number of rotatable bonds is 51. The van der Waals surface area contributed by atoms with Gasteiger partial charge in [-0.3, -0.25) is 4.79 Å². The number of ketones is 1. The number of carbonyl (C=O) groups is 1.